The smallest absolute Gasteiger partial charge is 0.122 e. The second-order valence-corrected chi connectivity index (χ2v) is 3.42. The molecular weight excluding hydrogens is 188 g/mol. The van der Waals surface area contributed by atoms with Crippen LogP contribution in [0.3, 0.4) is 0 Å². The van der Waals surface area contributed by atoms with Gasteiger partial charge in [0.2, 0.25) is 0 Å². The van der Waals surface area contributed by atoms with Crippen molar-refractivity contribution in [2.24, 2.45) is 5.84 Å². The first-order valence-corrected chi connectivity index (χ1v) is 4.93. The minimum atomic E-state index is 0.0300. The van der Waals surface area contributed by atoms with Crippen molar-refractivity contribution in [1.82, 2.24) is 5.43 Å². The topological polar surface area (TPSA) is 51.2 Å². The number of hydrogen-bond donors (Lipinski definition) is 2. The normalized spacial score (nSPS) is 12.6. The molecule has 2 rings (SSSR count). The molecule has 0 aliphatic carbocycles. The van der Waals surface area contributed by atoms with Crippen molar-refractivity contribution in [2.75, 3.05) is 0 Å². The lowest BCUT2D eigenvalue weighted by molar-refractivity contribution is 0.416. The molecule has 15 heavy (non-hydrogen) atoms. The molecule has 3 nitrogen and oxygen atoms in total. The van der Waals surface area contributed by atoms with Crippen molar-refractivity contribution < 1.29 is 4.42 Å². The zero-order valence-electron chi connectivity index (χ0n) is 8.39. The lowest BCUT2D eigenvalue weighted by Gasteiger charge is -2.12. The Labute approximate surface area is 88.9 Å². The van der Waals surface area contributed by atoms with Crippen molar-refractivity contribution in [3.05, 3.63) is 60.1 Å². The molecule has 3 N–H and O–H groups in total. The molecule has 0 radical (unpaired) electrons. The van der Waals surface area contributed by atoms with Crippen molar-refractivity contribution in [2.45, 2.75) is 12.5 Å². The van der Waals surface area contributed by atoms with Gasteiger partial charge in [0.15, 0.2) is 0 Å². The van der Waals surface area contributed by atoms with Gasteiger partial charge < -0.3 is 4.42 Å². The van der Waals surface area contributed by atoms with Gasteiger partial charge in [0, 0.05) is 0 Å². The first-order valence-electron chi connectivity index (χ1n) is 4.93. The van der Waals surface area contributed by atoms with Crippen LogP contribution in [0, 0.1) is 0 Å². The van der Waals surface area contributed by atoms with Gasteiger partial charge in [-0.2, -0.15) is 0 Å². The van der Waals surface area contributed by atoms with E-state index in [2.05, 4.69) is 17.6 Å². The van der Waals surface area contributed by atoms with Crippen molar-refractivity contribution >= 4 is 0 Å². The fraction of sp³-hybridized carbons (Fsp3) is 0.167. The Morgan fingerprint density at radius 1 is 1.13 bits per heavy atom. The molecule has 0 amide bonds. The average Bonchev–Trinajstić information content (AvgIpc) is 2.81. The van der Waals surface area contributed by atoms with Gasteiger partial charge >= 0.3 is 0 Å². The Morgan fingerprint density at radius 2 is 1.93 bits per heavy atom. The van der Waals surface area contributed by atoms with E-state index in [-0.39, 0.29) is 6.04 Å². The molecule has 0 fully saturated rings. The molecule has 2 aromatic rings. The summed E-state index contributed by atoms with van der Waals surface area (Å²) in [5.74, 6) is 6.36. The lowest BCUT2D eigenvalue weighted by atomic mass is 10.0. The first-order chi connectivity index (χ1) is 7.40. The van der Waals surface area contributed by atoms with E-state index in [9.17, 15) is 0 Å². The van der Waals surface area contributed by atoms with Crippen LogP contribution in [0.15, 0.2) is 53.1 Å². The van der Waals surface area contributed by atoms with Crippen LogP contribution in [0.5, 0.6) is 0 Å². The van der Waals surface area contributed by atoms with Crippen molar-refractivity contribution in [1.29, 1.82) is 0 Å². The van der Waals surface area contributed by atoms with Crippen LogP contribution in [0.25, 0.3) is 0 Å². The van der Waals surface area contributed by atoms with E-state index in [0.717, 1.165) is 12.2 Å². The summed E-state index contributed by atoms with van der Waals surface area (Å²) in [6, 6.07) is 14.0. The minimum absolute atomic E-state index is 0.0300. The number of hydrogen-bond acceptors (Lipinski definition) is 3. The number of nitrogens with one attached hydrogen (secondary N) is 1. The highest BCUT2D eigenvalue weighted by molar-refractivity contribution is 5.18. The molecule has 1 atom stereocenters. The zero-order chi connectivity index (χ0) is 10.5. The van der Waals surface area contributed by atoms with E-state index < -0.39 is 0 Å². The predicted octanol–water partition coefficient (Wildman–Crippen LogP) is 2.03. The Kier molecular flexibility index (Phi) is 3.17. The van der Waals surface area contributed by atoms with Crippen LogP contribution < -0.4 is 11.3 Å². The van der Waals surface area contributed by atoms with Crippen LogP contribution in [0.2, 0.25) is 0 Å². The number of rotatable bonds is 4. The van der Waals surface area contributed by atoms with E-state index in [1.807, 2.05) is 30.3 Å². The minimum Gasteiger partial charge on any atom is -0.468 e. The average molecular weight is 202 g/mol. The van der Waals surface area contributed by atoms with E-state index in [0.29, 0.717) is 0 Å². The summed E-state index contributed by atoms with van der Waals surface area (Å²) in [7, 11) is 0. The van der Waals surface area contributed by atoms with Crippen LogP contribution >= 0.6 is 0 Å². The Bertz CT molecular complexity index is 383. The Morgan fingerprint density at radius 3 is 2.53 bits per heavy atom. The van der Waals surface area contributed by atoms with Crippen LogP contribution in [-0.4, -0.2) is 0 Å². The molecule has 0 saturated carbocycles. The summed E-state index contributed by atoms with van der Waals surface area (Å²) < 4.78 is 5.32. The Balaban J connectivity index is 2.10. The Hall–Kier alpha value is -1.58. The molecule has 78 valence electrons. The van der Waals surface area contributed by atoms with Gasteiger partial charge in [0.1, 0.15) is 5.76 Å². The van der Waals surface area contributed by atoms with Gasteiger partial charge in [-0.3, -0.25) is 5.84 Å². The van der Waals surface area contributed by atoms with E-state index in [1.165, 1.54) is 5.56 Å². The number of nitrogens with two attached hydrogens (primary N) is 1. The summed E-state index contributed by atoms with van der Waals surface area (Å²) in [6.07, 6.45) is 2.48. The molecule has 0 aliphatic rings. The molecule has 1 aromatic heterocycles. The second-order valence-electron chi connectivity index (χ2n) is 3.42. The van der Waals surface area contributed by atoms with Crippen molar-refractivity contribution in [3.8, 4) is 0 Å². The summed E-state index contributed by atoms with van der Waals surface area (Å²) in [5, 5.41) is 0. The van der Waals surface area contributed by atoms with Gasteiger partial charge in [-0.05, 0) is 24.1 Å². The molecule has 1 aromatic carbocycles. The predicted molar refractivity (Wildman–Crippen MR) is 58.9 cm³/mol. The standard InChI is InChI=1S/C12H14N2O/c13-14-11(12-7-4-8-15-12)9-10-5-2-1-3-6-10/h1-8,11,14H,9,13H2. The largest absolute Gasteiger partial charge is 0.468 e. The van der Waals surface area contributed by atoms with Gasteiger partial charge in [0.05, 0.1) is 12.3 Å². The maximum Gasteiger partial charge on any atom is 0.122 e. The van der Waals surface area contributed by atoms with Crippen LogP contribution in [0.1, 0.15) is 17.4 Å². The molecule has 1 heterocycles. The number of hydrazine groups is 1. The third kappa shape index (κ3) is 2.46. The van der Waals surface area contributed by atoms with Crippen LogP contribution in [-0.2, 0) is 6.42 Å². The third-order valence-corrected chi connectivity index (χ3v) is 2.37. The fourth-order valence-electron chi connectivity index (χ4n) is 1.58. The molecule has 1 unspecified atom stereocenters. The SMILES string of the molecule is NNC(Cc1ccccc1)c1ccco1. The molecule has 0 bridgehead atoms. The molecule has 0 aliphatic heterocycles. The monoisotopic (exact) mass is 202 g/mol. The fourth-order valence-corrected chi connectivity index (χ4v) is 1.58. The molecular formula is C12H14N2O. The molecule has 0 saturated heterocycles. The highest BCUT2D eigenvalue weighted by Crippen LogP contribution is 2.17. The quantitative estimate of drug-likeness (QED) is 0.589. The highest BCUT2D eigenvalue weighted by atomic mass is 16.3. The van der Waals surface area contributed by atoms with E-state index in [4.69, 9.17) is 10.3 Å². The van der Waals surface area contributed by atoms with Crippen LogP contribution in [0.4, 0.5) is 0 Å². The maximum absolute atomic E-state index is 5.50. The van der Waals surface area contributed by atoms with Gasteiger partial charge in [-0.1, -0.05) is 30.3 Å². The third-order valence-electron chi connectivity index (χ3n) is 2.37. The summed E-state index contributed by atoms with van der Waals surface area (Å²) >= 11 is 0. The summed E-state index contributed by atoms with van der Waals surface area (Å²) in [6.45, 7) is 0. The number of benzene rings is 1. The first kappa shape index (κ1) is 9.96. The van der Waals surface area contributed by atoms with Crippen molar-refractivity contribution in [3.63, 3.8) is 0 Å². The molecule has 0 spiro atoms. The van der Waals surface area contributed by atoms with Gasteiger partial charge in [0.25, 0.3) is 0 Å². The maximum atomic E-state index is 5.50. The summed E-state index contributed by atoms with van der Waals surface area (Å²) in [5.41, 5.74) is 3.99. The zero-order valence-corrected chi connectivity index (χ0v) is 8.39. The second kappa shape index (κ2) is 4.77. The van der Waals surface area contributed by atoms with Gasteiger partial charge in [-0.15, -0.1) is 0 Å². The van der Waals surface area contributed by atoms with E-state index >= 15 is 0 Å². The van der Waals surface area contributed by atoms with E-state index in [1.54, 1.807) is 6.26 Å². The number of furan rings is 1. The van der Waals surface area contributed by atoms with Gasteiger partial charge in [-0.25, -0.2) is 5.43 Å². The summed E-state index contributed by atoms with van der Waals surface area (Å²) in [4.78, 5) is 0. The lowest BCUT2D eigenvalue weighted by Crippen LogP contribution is -2.29. The molecule has 3 heteroatoms. The highest BCUT2D eigenvalue weighted by Gasteiger charge is 2.12.